The average Bonchev–Trinajstić information content (AvgIpc) is 2.68. The standard InChI is InChI=1S/C20H26N2O4/c1-15(20(23)21-16-9-11-17(24-3)12-10-16)22(2)13-14-26-19-8-6-5-7-18(19)25-4/h5-12,15H,13-14H2,1-4H3,(H,21,23). The predicted molar refractivity (Wildman–Crippen MR) is 102 cm³/mol. The second-order valence-corrected chi connectivity index (χ2v) is 5.87. The first-order chi connectivity index (χ1) is 12.5. The van der Waals surface area contributed by atoms with Crippen molar-refractivity contribution < 1.29 is 19.0 Å². The molecule has 0 aliphatic heterocycles. The van der Waals surface area contributed by atoms with Gasteiger partial charge in [-0.15, -0.1) is 0 Å². The highest BCUT2D eigenvalue weighted by molar-refractivity contribution is 5.94. The molecular formula is C20H26N2O4. The first-order valence-corrected chi connectivity index (χ1v) is 8.46. The van der Waals surface area contributed by atoms with Crippen LogP contribution in [0.1, 0.15) is 6.92 Å². The molecule has 0 aliphatic rings. The highest BCUT2D eigenvalue weighted by Gasteiger charge is 2.18. The van der Waals surface area contributed by atoms with Crippen molar-refractivity contribution in [2.24, 2.45) is 0 Å². The third-order valence-electron chi connectivity index (χ3n) is 4.17. The van der Waals surface area contributed by atoms with Crippen molar-refractivity contribution in [2.45, 2.75) is 13.0 Å². The number of benzene rings is 2. The van der Waals surface area contributed by atoms with Crippen LogP contribution in [0.4, 0.5) is 5.69 Å². The van der Waals surface area contributed by atoms with Gasteiger partial charge in [-0.3, -0.25) is 9.69 Å². The van der Waals surface area contributed by atoms with E-state index in [2.05, 4.69) is 5.32 Å². The molecule has 6 nitrogen and oxygen atoms in total. The van der Waals surface area contributed by atoms with E-state index in [-0.39, 0.29) is 11.9 Å². The molecule has 0 saturated carbocycles. The van der Waals surface area contributed by atoms with Crippen LogP contribution >= 0.6 is 0 Å². The zero-order chi connectivity index (χ0) is 18.9. The molecule has 2 aromatic carbocycles. The van der Waals surface area contributed by atoms with Crippen molar-refractivity contribution >= 4 is 11.6 Å². The van der Waals surface area contributed by atoms with Gasteiger partial charge in [0.2, 0.25) is 5.91 Å². The topological polar surface area (TPSA) is 60.0 Å². The minimum absolute atomic E-state index is 0.0741. The number of nitrogens with one attached hydrogen (secondary N) is 1. The van der Waals surface area contributed by atoms with Gasteiger partial charge in [-0.05, 0) is 50.4 Å². The Morgan fingerprint density at radius 1 is 1.04 bits per heavy atom. The molecule has 0 fully saturated rings. The lowest BCUT2D eigenvalue weighted by atomic mass is 10.2. The maximum Gasteiger partial charge on any atom is 0.241 e. The minimum atomic E-state index is -0.293. The molecule has 0 heterocycles. The smallest absolute Gasteiger partial charge is 0.241 e. The number of carbonyl (C=O) groups is 1. The van der Waals surface area contributed by atoms with E-state index in [0.717, 1.165) is 11.4 Å². The molecule has 26 heavy (non-hydrogen) atoms. The monoisotopic (exact) mass is 358 g/mol. The Balaban J connectivity index is 1.82. The second kappa shape index (κ2) is 9.68. The number of ether oxygens (including phenoxy) is 3. The summed E-state index contributed by atoms with van der Waals surface area (Å²) in [4.78, 5) is 14.3. The van der Waals surface area contributed by atoms with Crippen LogP contribution in [-0.2, 0) is 4.79 Å². The Labute approximate surface area is 154 Å². The van der Waals surface area contributed by atoms with Gasteiger partial charge in [0.1, 0.15) is 12.4 Å². The van der Waals surface area contributed by atoms with E-state index >= 15 is 0 Å². The number of para-hydroxylation sites is 2. The number of methoxy groups -OCH3 is 2. The highest BCUT2D eigenvalue weighted by atomic mass is 16.5. The number of nitrogens with zero attached hydrogens (tertiary/aromatic N) is 1. The van der Waals surface area contributed by atoms with Crippen molar-refractivity contribution in [1.29, 1.82) is 0 Å². The molecule has 2 aromatic rings. The molecule has 1 atom stereocenters. The van der Waals surface area contributed by atoms with Crippen molar-refractivity contribution in [2.75, 3.05) is 39.7 Å². The van der Waals surface area contributed by atoms with Gasteiger partial charge in [0.15, 0.2) is 11.5 Å². The van der Waals surface area contributed by atoms with Crippen LogP contribution in [0.25, 0.3) is 0 Å². The fourth-order valence-electron chi connectivity index (χ4n) is 2.35. The van der Waals surface area contributed by atoms with E-state index in [1.165, 1.54) is 0 Å². The Hall–Kier alpha value is -2.73. The molecular weight excluding hydrogens is 332 g/mol. The molecule has 1 amide bonds. The quantitative estimate of drug-likeness (QED) is 0.747. The molecule has 0 aromatic heterocycles. The maximum absolute atomic E-state index is 12.4. The highest BCUT2D eigenvalue weighted by Crippen LogP contribution is 2.25. The summed E-state index contributed by atoms with van der Waals surface area (Å²) < 4.78 is 16.1. The van der Waals surface area contributed by atoms with E-state index in [0.29, 0.717) is 24.7 Å². The summed E-state index contributed by atoms with van der Waals surface area (Å²) in [6, 6.07) is 14.5. The van der Waals surface area contributed by atoms with Gasteiger partial charge < -0.3 is 19.5 Å². The number of hydrogen-bond donors (Lipinski definition) is 1. The van der Waals surface area contributed by atoms with Crippen molar-refractivity contribution in [1.82, 2.24) is 4.90 Å². The Bertz CT molecular complexity index is 703. The van der Waals surface area contributed by atoms with E-state index in [9.17, 15) is 4.79 Å². The average molecular weight is 358 g/mol. The molecule has 1 unspecified atom stereocenters. The van der Waals surface area contributed by atoms with Gasteiger partial charge in [-0.2, -0.15) is 0 Å². The van der Waals surface area contributed by atoms with Gasteiger partial charge in [-0.1, -0.05) is 12.1 Å². The summed E-state index contributed by atoms with van der Waals surface area (Å²) in [7, 11) is 5.11. The van der Waals surface area contributed by atoms with Crippen LogP contribution in [0.15, 0.2) is 48.5 Å². The fraction of sp³-hybridized carbons (Fsp3) is 0.350. The lowest BCUT2D eigenvalue weighted by molar-refractivity contribution is -0.120. The summed E-state index contributed by atoms with van der Waals surface area (Å²) in [5, 5.41) is 2.90. The predicted octanol–water partition coefficient (Wildman–Crippen LogP) is 3.04. The molecule has 0 radical (unpaired) electrons. The van der Waals surface area contributed by atoms with Crippen LogP contribution in [-0.4, -0.2) is 51.3 Å². The van der Waals surface area contributed by atoms with Crippen molar-refractivity contribution in [3.63, 3.8) is 0 Å². The van der Waals surface area contributed by atoms with E-state index in [1.807, 2.05) is 67.4 Å². The largest absolute Gasteiger partial charge is 0.497 e. The number of amides is 1. The van der Waals surface area contributed by atoms with Crippen LogP contribution in [0.2, 0.25) is 0 Å². The fourth-order valence-corrected chi connectivity index (χ4v) is 2.35. The molecule has 0 saturated heterocycles. The molecule has 1 N–H and O–H groups in total. The zero-order valence-corrected chi connectivity index (χ0v) is 15.7. The lowest BCUT2D eigenvalue weighted by Crippen LogP contribution is -2.41. The molecule has 2 rings (SSSR count). The van der Waals surface area contributed by atoms with Crippen LogP contribution < -0.4 is 19.5 Å². The normalized spacial score (nSPS) is 11.7. The number of hydrogen-bond acceptors (Lipinski definition) is 5. The summed E-state index contributed by atoms with van der Waals surface area (Å²) >= 11 is 0. The number of carbonyl (C=O) groups excluding carboxylic acids is 1. The first kappa shape index (κ1) is 19.6. The van der Waals surface area contributed by atoms with Gasteiger partial charge in [-0.25, -0.2) is 0 Å². The summed E-state index contributed by atoms with van der Waals surface area (Å²) in [5.41, 5.74) is 0.737. The van der Waals surface area contributed by atoms with Crippen LogP contribution in [0, 0.1) is 0 Å². The molecule has 140 valence electrons. The molecule has 0 spiro atoms. The van der Waals surface area contributed by atoms with Crippen molar-refractivity contribution in [3.8, 4) is 17.2 Å². The summed E-state index contributed by atoms with van der Waals surface area (Å²) in [6.07, 6.45) is 0. The minimum Gasteiger partial charge on any atom is -0.497 e. The van der Waals surface area contributed by atoms with Crippen LogP contribution in [0.5, 0.6) is 17.2 Å². The van der Waals surface area contributed by atoms with Gasteiger partial charge >= 0.3 is 0 Å². The maximum atomic E-state index is 12.4. The molecule has 6 heteroatoms. The van der Waals surface area contributed by atoms with E-state index in [4.69, 9.17) is 14.2 Å². The third-order valence-corrected chi connectivity index (χ3v) is 4.17. The zero-order valence-electron chi connectivity index (χ0n) is 15.7. The number of likely N-dealkylation sites (N-methyl/N-ethyl adjacent to an activating group) is 1. The van der Waals surface area contributed by atoms with Gasteiger partial charge in [0, 0.05) is 12.2 Å². The van der Waals surface area contributed by atoms with Gasteiger partial charge in [0.25, 0.3) is 0 Å². The Morgan fingerprint density at radius 2 is 1.69 bits per heavy atom. The van der Waals surface area contributed by atoms with Gasteiger partial charge in [0.05, 0.1) is 20.3 Å². The van der Waals surface area contributed by atoms with Crippen molar-refractivity contribution in [3.05, 3.63) is 48.5 Å². The first-order valence-electron chi connectivity index (χ1n) is 8.46. The van der Waals surface area contributed by atoms with E-state index < -0.39 is 0 Å². The second-order valence-electron chi connectivity index (χ2n) is 5.87. The number of rotatable bonds is 9. The van der Waals surface area contributed by atoms with E-state index in [1.54, 1.807) is 14.2 Å². The SMILES string of the molecule is COc1ccc(NC(=O)C(C)N(C)CCOc2ccccc2OC)cc1. The lowest BCUT2D eigenvalue weighted by Gasteiger charge is -2.24. The third kappa shape index (κ3) is 5.39. The Kier molecular flexibility index (Phi) is 7.29. The molecule has 0 bridgehead atoms. The Morgan fingerprint density at radius 3 is 2.31 bits per heavy atom. The van der Waals surface area contributed by atoms with Crippen LogP contribution in [0.3, 0.4) is 0 Å². The number of anilines is 1. The molecule has 0 aliphatic carbocycles. The summed E-state index contributed by atoms with van der Waals surface area (Å²) in [5.74, 6) is 2.07. The summed E-state index contributed by atoms with van der Waals surface area (Å²) in [6.45, 7) is 2.92.